The van der Waals surface area contributed by atoms with E-state index >= 15 is 0 Å². The largest absolute Gasteiger partial charge is 0.416 e. The molecule has 3 aliphatic heterocycles. The number of rotatable bonds is 6. The van der Waals surface area contributed by atoms with E-state index in [4.69, 9.17) is 0 Å². The molecule has 1 N–H and O–H groups in total. The quantitative estimate of drug-likeness (QED) is 0.344. The Morgan fingerprint density at radius 3 is 2.64 bits per heavy atom. The van der Waals surface area contributed by atoms with Crippen molar-refractivity contribution in [1.29, 1.82) is 0 Å². The van der Waals surface area contributed by atoms with Crippen LogP contribution in [0, 0.1) is 18.3 Å². The highest BCUT2D eigenvalue weighted by atomic mass is 32.1. The van der Waals surface area contributed by atoms with Gasteiger partial charge >= 0.3 is 6.18 Å². The van der Waals surface area contributed by atoms with Crippen LogP contribution < -0.4 is 10.2 Å². The van der Waals surface area contributed by atoms with Gasteiger partial charge in [0, 0.05) is 41.2 Å². The third-order valence-electron chi connectivity index (χ3n) is 10.3. The Morgan fingerprint density at radius 1 is 1.14 bits per heavy atom. The Kier molecular flexibility index (Phi) is 6.94. The molecule has 2 aromatic carbocycles. The zero-order valence-electron chi connectivity index (χ0n) is 24.0. The van der Waals surface area contributed by atoms with Gasteiger partial charge in [0.05, 0.1) is 17.8 Å². The molecule has 3 aromatic rings. The average Bonchev–Trinajstić information content (AvgIpc) is 3.74. The number of alkyl halides is 3. The number of fused-ring (bicyclic) bond motifs is 1. The van der Waals surface area contributed by atoms with Crippen molar-refractivity contribution in [2.45, 2.75) is 70.6 Å². The van der Waals surface area contributed by atoms with Gasteiger partial charge in [0.25, 0.3) is 5.91 Å². The van der Waals surface area contributed by atoms with Gasteiger partial charge in [-0.05, 0) is 116 Å². The fourth-order valence-corrected chi connectivity index (χ4v) is 8.14. The molecule has 0 radical (unpaired) electrons. The first-order valence-electron chi connectivity index (χ1n) is 15.0. The molecule has 1 aliphatic carbocycles. The molecule has 1 spiro atoms. The summed E-state index contributed by atoms with van der Waals surface area (Å²) in [6.07, 6.45) is 0.969. The second-order valence-electron chi connectivity index (χ2n) is 12.8. The Hall–Kier alpha value is -2.82. The molecule has 7 rings (SSSR count). The Balaban J connectivity index is 1.21. The van der Waals surface area contributed by atoms with Gasteiger partial charge < -0.3 is 10.2 Å². The fraction of sp³-hybridized carbons (Fsp3) is 0.531. The van der Waals surface area contributed by atoms with Crippen molar-refractivity contribution in [3.63, 3.8) is 0 Å². The Morgan fingerprint density at radius 2 is 1.98 bits per heavy atom. The van der Waals surface area contributed by atoms with Crippen LogP contribution in [-0.4, -0.2) is 46.6 Å². The molecule has 42 heavy (non-hydrogen) atoms. The van der Waals surface area contributed by atoms with Crippen LogP contribution in [0.25, 0.3) is 0 Å². The summed E-state index contributed by atoms with van der Waals surface area (Å²) in [5.41, 5.74) is 2.94. The van der Waals surface area contributed by atoms with E-state index in [0.717, 1.165) is 68.0 Å². The van der Waals surface area contributed by atoms with Crippen molar-refractivity contribution in [1.82, 2.24) is 19.8 Å². The number of benzene rings is 2. The first-order chi connectivity index (χ1) is 20.1. The second kappa shape index (κ2) is 10.4. The number of hydrogen-bond donors (Lipinski definition) is 1. The first kappa shape index (κ1) is 28.0. The number of carbonyl (C=O) groups is 1. The predicted molar refractivity (Wildman–Crippen MR) is 157 cm³/mol. The summed E-state index contributed by atoms with van der Waals surface area (Å²) in [5, 5.41) is 7.89. The lowest BCUT2D eigenvalue weighted by Gasteiger charge is -2.34. The van der Waals surface area contributed by atoms with Gasteiger partial charge in [-0.25, -0.2) is 0 Å². The van der Waals surface area contributed by atoms with E-state index in [-0.39, 0.29) is 41.0 Å². The lowest BCUT2D eigenvalue weighted by atomic mass is 9.71. The summed E-state index contributed by atoms with van der Waals surface area (Å²) in [6, 6.07) is 10.6. The summed E-state index contributed by atoms with van der Waals surface area (Å²) in [4.78, 5) is 18.7. The number of carbonyl (C=O) groups excluding carboxylic acids is 1. The fourth-order valence-electron chi connectivity index (χ4n) is 7.62. The molecule has 0 bridgehead atoms. The van der Waals surface area contributed by atoms with Crippen LogP contribution >= 0.6 is 11.5 Å². The van der Waals surface area contributed by atoms with E-state index in [0.29, 0.717) is 17.2 Å². The lowest BCUT2D eigenvalue weighted by molar-refractivity contribution is -0.138. The SMILES string of the molecule is Cc1snnc1[C@@H](c1cccc(N2Cc3c(cc([C@@H](C)N4CC[C@]5(CCNC5)C4)cc3C(F)(F)F)C2=O)c1)C1CCC1. The molecule has 10 heteroatoms. The van der Waals surface area contributed by atoms with E-state index < -0.39 is 11.7 Å². The standard InChI is InChI=1S/C32H36F3N5OS/c1-19(39-12-10-31(18-39)9-11-36-17-31)23-14-25-26(27(15-23)32(33,34)35)16-40(30(25)41)24-8-4-7-22(13-24)28(21-5-3-6-21)29-20(2)42-38-37-29/h4,7-8,13-15,19,21,28,36H,3,5-6,9-12,16-18H2,1-2H3/t19-,28-,31+/m1/s1. The number of hydrogen-bond acceptors (Lipinski definition) is 6. The van der Waals surface area contributed by atoms with Crippen molar-refractivity contribution < 1.29 is 18.0 Å². The zero-order chi connectivity index (χ0) is 29.2. The highest BCUT2D eigenvalue weighted by Crippen LogP contribution is 2.46. The summed E-state index contributed by atoms with van der Waals surface area (Å²) in [5.74, 6) is 0.140. The first-order valence-corrected chi connectivity index (χ1v) is 15.8. The molecule has 0 unspecified atom stereocenters. The van der Waals surface area contributed by atoms with Crippen LogP contribution in [-0.2, 0) is 12.7 Å². The smallest absolute Gasteiger partial charge is 0.316 e. The minimum Gasteiger partial charge on any atom is -0.316 e. The van der Waals surface area contributed by atoms with E-state index in [1.165, 1.54) is 28.9 Å². The highest BCUT2D eigenvalue weighted by Gasteiger charge is 2.44. The number of anilines is 1. The number of amides is 1. The summed E-state index contributed by atoms with van der Waals surface area (Å²) in [7, 11) is 0. The monoisotopic (exact) mass is 595 g/mol. The molecule has 1 aromatic heterocycles. The second-order valence-corrected chi connectivity index (χ2v) is 13.7. The topological polar surface area (TPSA) is 61.4 Å². The molecule has 4 heterocycles. The molecule has 222 valence electrons. The van der Waals surface area contributed by atoms with Crippen LogP contribution in [0.1, 0.15) is 94.2 Å². The highest BCUT2D eigenvalue weighted by molar-refractivity contribution is 7.05. The number of nitrogens with one attached hydrogen (secondary N) is 1. The number of nitrogens with zero attached hydrogens (tertiary/aromatic N) is 4. The molecule has 3 atom stereocenters. The molecular weight excluding hydrogens is 559 g/mol. The summed E-state index contributed by atoms with van der Waals surface area (Å²) < 4.78 is 47.7. The molecular formula is C32H36F3N5OS. The maximum Gasteiger partial charge on any atom is 0.416 e. The number of aryl methyl sites for hydroxylation is 1. The Labute approximate surface area is 248 Å². The van der Waals surface area contributed by atoms with Crippen LogP contribution in [0.2, 0.25) is 0 Å². The maximum absolute atomic E-state index is 14.5. The third kappa shape index (κ3) is 4.75. The van der Waals surface area contributed by atoms with Gasteiger partial charge in [-0.2, -0.15) is 13.2 Å². The van der Waals surface area contributed by atoms with Crippen LogP contribution in [0.3, 0.4) is 0 Å². The van der Waals surface area contributed by atoms with Gasteiger partial charge in [0.1, 0.15) is 0 Å². The number of halogens is 3. The van der Waals surface area contributed by atoms with Crippen molar-refractivity contribution in [3.8, 4) is 0 Å². The van der Waals surface area contributed by atoms with Gasteiger partial charge in [-0.3, -0.25) is 9.69 Å². The molecule has 1 amide bonds. The van der Waals surface area contributed by atoms with Crippen LogP contribution in [0.5, 0.6) is 0 Å². The van der Waals surface area contributed by atoms with Crippen molar-refractivity contribution in [2.24, 2.45) is 11.3 Å². The summed E-state index contributed by atoms with van der Waals surface area (Å²) >= 11 is 1.38. The van der Waals surface area contributed by atoms with E-state index in [9.17, 15) is 18.0 Å². The van der Waals surface area contributed by atoms with Gasteiger partial charge in [-0.1, -0.05) is 23.0 Å². The molecule has 3 fully saturated rings. The van der Waals surface area contributed by atoms with Gasteiger partial charge in [0.15, 0.2) is 0 Å². The van der Waals surface area contributed by atoms with Crippen LogP contribution in [0.4, 0.5) is 18.9 Å². The van der Waals surface area contributed by atoms with Crippen molar-refractivity contribution in [3.05, 3.63) is 74.8 Å². The average molecular weight is 596 g/mol. The van der Waals surface area contributed by atoms with E-state index in [1.807, 2.05) is 38.1 Å². The van der Waals surface area contributed by atoms with Gasteiger partial charge in [-0.15, -0.1) is 5.10 Å². The lowest BCUT2D eigenvalue weighted by Crippen LogP contribution is -2.31. The number of likely N-dealkylation sites (tertiary alicyclic amines) is 1. The van der Waals surface area contributed by atoms with Crippen molar-refractivity contribution in [2.75, 3.05) is 31.1 Å². The van der Waals surface area contributed by atoms with Gasteiger partial charge in [0.2, 0.25) is 0 Å². The van der Waals surface area contributed by atoms with Crippen LogP contribution in [0.15, 0.2) is 36.4 Å². The molecule has 4 aliphatic rings. The minimum atomic E-state index is -4.55. The minimum absolute atomic E-state index is 0.0644. The van der Waals surface area contributed by atoms with E-state index in [1.54, 1.807) is 6.07 Å². The molecule has 6 nitrogen and oxygen atoms in total. The molecule has 1 saturated carbocycles. The maximum atomic E-state index is 14.5. The number of aromatic nitrogens is 2. The van der Waals surface area contributed by atoms with E-state index in [2.05, 4.69) is 19.8 Å². The normalized spacial score (nSPS) is 24.4. The summed E-state index contributed by atoms with van der Waals surface area (Å²) in [6.45, 7) is 7.57. The van der Waals surface area contributed by atoms with Crippen molar-refractivity contribution >= 4 is 23.1 Å². The Bertz CT molecular complexity index is 1510. The molecule has 2 saturated heterocycles. The predicted octanol–water partition coefficient (Wildman–Crippen LogP) is 6.70. The zero-order valence-corrected chi connectivity index (χ0v) is 24.8. The third-order valence-corrected chi connectivity index (χ3v) is 11.0.